The standard InChI is InChI=1S/C13H15F3N2O/c1-12(17,13(14,15)16)11(19)18-8-4-6-9-5-2-3-7-10(9)18/h2-3,5,7H,4,6,8,17H2,1H3. The van der Waals surface area contributed by atoms with Crippen molar-refractivity contribution in [2.24, 2.45) is 5.73 Å². The van der Waals surface area contributed by atoms with Crippen LogP contribution in [-0.2, 0) is 11.2 Å². The van der Waals surface area contributed by atoms with Crippen molar-refractivity contribution in [3.8, 4) is 0 Å². The van der Waals surface area contributed by atoms with E-state index in [9.17, 15) is 18.0 Å². The number of aryl methyl sites for hydroxylation is 1. The molecule has 104 valence electrons. The number of rotatable bonds is 1. The first-order valence-corrected chi connectivity index (χ1v) is 6.00. The van der Waals surface area contributed by atoms with E-state index in [0.29, 0.717) is 19.0 Å². The van der Waals surface area contributed by atoms with Gasteiger partial charge in [0.05, 0.1) is 0 Å². The van der Waals surface area contributed by atoms with E-state index in [1.807, 2.05) is 6.07 Å². The summed E-state index contributed by atoms with van der Waals surface area (Å²) in [5.74, 6) is -1.10. The Bertz CT molecular complexity index is 497. The van der Waals surface area contributed by atoms with Crippen LogP contribution in [0.15, 0.2) is 24.3 Å². The fourth-order valence-electron chi connectivity index (χ4n) is 2.15. The summed E-state index contributed by atoms with van der Waals surface area (Å²) < 4.78 is 38.5. The Kier molecular flexibility index (Phi) is 3.30. The first kappa shape index (κ1) is 13.9. The lowest BCUT2D eigenvalue weighted by atomic mass is 9.96. The molecule has 0 radical (unpaired) electrons. The predicted octanol–water partition coefficient (Wildman–Crippen LogP) is 2.25. The van der Waals surface area contributed by atoms with Gasteiger partial charge in [0.25, 0.3) is 5.91 Å². The maximum Gasteiger partial charge on any atom is 0.415 e. The summed E-state index contributed by atoms with van der Waals surface area (Å²) >= 11 is 0. The van der Waals surface area contributed by atoms with E-state index >= 15 is 0 Å². The number of alkyl halides is 3. The minimum atomic E-state index is -4.77. The number of para-hydroxylation sites is 1. The summed E-state index contributed by atoms with van der Waals surface area (Å²) in [6.45, 7) is 0.977. The third kappa shape index (κ3) is 2.32. The van der Waals surface area contributed by atoms with Gasteiger partial charge in [-0.05, 0) is 31.4 Å². The Hall–Kier alpha value is -1.56. The van der Waals surface area contributed by atoms with Crippen molar-refractivity contribution < 1.29 is 18.0 Å². The molecule has 19 heavy (non-hydrogen) atoms. The van der Waals surface area contributed by atoms with Gasteiger partial charge >= 0.3 is 6.18 Å². The second-order valence-electron chi connectivity index (χ2n) is 4.89. The number of benzene rings is 1. The van der Waals surface area contributed by atoms with Gasteiger partial charge in [-0.15, -0.1) is 0 Å². The van der Waals surface area contributed by atoms with Crippen LogP contribution in [0, 0.1) is 0 Å². The van der Waals surface area contributed by atoms with Crippen LogP contribution >= 0.6 is 0 Å². The third-order valence-electron chi connectivity index (χ3n) is 3.39. The van der Waals surface area contributed by atoms with Gasteiger partial charge in [-0.25, -0.2) is 0 Å². The van der Waals surface area contributed by atoms with Gasteiger partial charge in [0.15, 0.2) is 5.54 Å². The number of carbonyl (C=O) groups excluding carboxylic acids is 1. The first-order valence-electron chi connectivity index (χ1n) is 6.00. The number of hydrogen-bond acceptors (Lipinski definition) is 2. The number of nitrogens with zero attached hydrogens (tertiary/aromatic N) is 1. The number of amides is 1. The van der Waals surface area contributed by atoms with Gasteiger partial charge in [-0.1, -0.05) is 18.2 Å². The number of fused-ring (bicyclic) bond motifs is 1. The molecule has 0 saturated heterocycles. The van der Waals surface area contributed by atoms with E-state index in [-0.39, 0.29) is 6.54 Å². The van der Waals surface area contributed by atoms with Gasteiger partial charge < -0.3 is 10.6 Å². The third-order valence-corrected chi connectivity index (χ3v) is 3.39. The second kappa shape index (κ2) is 4.52. The normalized spacial score (nSPS) is 18.7. The van der Waals surface area contributed by atoms with Crippen LogP contribution in [0.4, 0.5) is 18.9 Å². The molecule has 2 N–H and O–H groups in total. The predicted molar refractivity (Wildman–Crippen MR) is 65.8 cm³/mol. The maximum absolute atomic E-state index is 12.8. The average molecular weight is 272 g/mol. The molecule has 1 heterocycles. The van der Waals surface area contributed by atoms with Crippen molar-refractivity contribution in [2.75, 3.05) is 11.4 Å². The van der Waals surface area contributed by atoms with Crippen LogP contribution in [0.2, 0.25) is 0 Å². The first-order chi connectivity index (χ1) is 8.75. The summed E-state index contributed by atoms with van der Waals surface area (Å²) in [6, 6.07) is 6.97. The van der Waals surface area contributed by atoms with Crippen LogP contribution in [0.5, 0.6) is 0 Å². The lowest BCUT2D eigenvalue weighted by molar-refractivity contribution is -0.185. The van der Waals surface area contributed by atoms with Gasteiger partial charge in [0, 0.05) is 12.2 Å². The van der Waals surface area contributed by atoms with E-state index in [1.165, 1.54) is 0 Å². The van der Waals surface area contributed by atoms with Crippen LogP contribution in [0.25, 0.3) is 0 Å². The molecule has 0 fully saturated rings. The molecule has 1 aliphatic rings. The average Bonchev–Trinajstić information content (AvgIpc) is 2.36. The van der Waals surface area contributed by atoms with Crippen LogP contribution in [0.3, 0.4) is 0 Å². The Balaban J connectivity index is 2.37. The molecule has 0 aliphatic carbocycles. The highest BCUT2D eigenvalue weighted by molar-refractivity contribution is 6.01. The number of anilines is 1. The molecule has 2 rings (SSSR count). The monoisotopic (exact) mass is 272 g/mol. The number of nitrogens with two attached hydrogens (primary N) is 1. The van der Waals surface area contributed by atoms with Crippen molar-refractivity contribution in [3.05, 3.63) is 29.8 Å². The molecular weight excluding hydrogens is 257 g/mol. The molecule has 0 bridgehead atoms. The molecular formula is C13H15F3N2O. The van der Waals surface area contributed by atoms with E-state index in [1.54, 1.807) is 18.2 Å². The molecule has 1 aromatic carbocycles. The Morgan fingerprint density at radius 3 is 2.58 bits per heavy atom. The highest BCUT2D eigenvalue weighted by Gasteiger charge is 2.55. The molecule has 0 spiro atoms. The highest BCUT2D eigenvalue weighted by Crippen LogP contribution is 2.34. The molecule has 1 amide bonds. The van der Waals surface area contributed by atoms with Crippen LogP contribution in [0.1, 0.15) is 18.9 Å². The number of halogens is 3. The fourth-order valence-corrected chi connectivity index (χ4v) is 2.15. The molecule has 1 atom stereocenters. The van der Waals surface area contributed by atoms with E-state index in [2.05, 4.69) is 0 Å². The highest BCUT2D eigenvalue weighted by atomic mass is 19.4. The number of hydrogen-bond donors (Lipinski definition) is 1. The number of carbonyl (C=O) groups is 1. The minimum absolute atomic E-state index is 0.263. The van der Waals surface area contributed by atoms with Crippen molar-refractivity contribution in [3.63, 3.8) is 0 Å². The minimum Gasteiger partial charge on any atom is -0.310 e. The SMILES string of the molecule is CC(N)(C(=O)N1CCCc2ccccc21)C(F)(F)F. The zero-order valence-corrected chi connectivity index (χ0v) is 10.5. The molecule has 3 nitrogen and oxygen atoms in total. The molecule has 1 aliphatic heterocycles. The van der Waals surface area contributed by atoms with E-state index < -0.39 is 17.6 Å². The van der Waals surface area contributed by atoms with E-state index in [4.69, 9.17) is 5.73 Å². The molecule has 1 aromatic rings. The topological polar surface area (TPSA) is 46.3 Å². The zero-order chi connectivity index (χ0) is 14.3. The van der Waals surface area contributed by atoms with Gasteiger partial charge in [-0.3, -0.25) is 4.79 Å². The summed E-state index contributed by atoms with van der Waals surface area (Å²) in [6.07, 6.45) is -3.37. The fraction of sp³-hybridized carbons (Fsp3) is 0.462. The maximum atomic E-state index is 12.8. The molecule has 1 unspecified atom stereocenters. The summed E-state index contributed by atoms with van der Waals surface area (Å²) in [5, 5.41) is 0. The Morgan fingerprint density at radius 1 is 1.32 bits per heavy atom. The van der Waals surface area contributed by atoms with E-state index in [0.717, 1.165) is 16.9 Å². The quantitative estimate of drug-likeness (QED) is 0.852. The van der Waals surface area contributed by atoms with Gasteiger partial charge in [-0.2, -0.15) is 13.2 Å². The molecule has 0 saturated carbocycles. The van der Waals surface area contributed by atoms with Crippen LogP contribution in [-0.4, -0.2) is 24.2 Å². The smallest absolute Gasteiger partial charge is 0.310 e. The Morgan fingerprint density at radius 2 is 1.95 bits per heavy atom. The largest absolute Gasteiger partial charge is 0.415 e. The van der Waals surface area contributed by atoms with Crippen molar-refractivity contribution in [1.29, 1.82) is 0 Å². The summed E-state index contributed by atoms with van der Waals surface area (Å²) in [5.41, 5.74) is 3.75. The molecule has 6 heteroatoms. The van der Waals surface area contributed by atoms with Crippen molar-refractivity contribution >= 4 is 11.6 Å². The second-order valence-corrected chi connectivity index (χ2v) is 4.89. The summed E-state index contributed by atoms with van der Waals surface area (Å²) in [7, 11) is 0. The van der Waals surface area contributed by atoms with Crippen LogP contribution < -0.4 is 10.6 Å². The molecule has 0 aromatic heterocycles. The van der Waals surface area contributed by atoms with Gasteiger partial charge in [0.1, 0.15) is 0 Å². The van der Waals surface area contributed by atoms with Crippen molar-refractivity contribution in [1.82, 2.24) is 0 Å². The van der Waals surface area contributed by atoms with Crippen molar-refractivity contribution in [2.45, 2.75) is 31.5 Å². The zero-order valence-electron chi connectivity index (χ0n) is 10.5. The van der Waals surface area contributed by atoms with Gasteiger partial charge in [0.2, 0.25) is 0 Å². The summed E-state index contributed by atoms with van der Waals surface area (Å²) in [4.78, 5) is 13.3. The Labute approximate surface area is 109 Å². The lowest BCUT2D eigenvalue weighted by Crippen LogP contribution is -2.63. The lowest BCUT2D eigenvalue weighted by Gasteiger charge is -2.36.